The van der Waals surface area contributed by atoms with E-state index in [4.69, 9.17) is 4.74 Å². The fraction of sp³-hybridized carbons (Fsp3) is 0.955. The van der Waals surface area contributed by atoms with E-state index >= 15 is 0 Å². The highest BCUT2D eigenvalue weighted by molar-refractivity contribution is 5.80. The van der Waals surface area contributed by atoms with Gasteiger partial charge in [-0.15, -0.1) is 0 Å². The first kappa shape index (κ1) is 21.6. The number of nitrogens with zero attached hydrogens (tertiary/aromatic N) is 1. The van der Waals surface area contributed by atoms with Crippen LogP contribution in [0.3, 0.4) is 0 Å². The minimum atomic E-state index is -1.22. The van der Waals surface area contributed by atoms with Crippen LogP contribution in [0.25, 0.3) is 0 Å². The van der Waals surface area contributed by atoms with Crippen molar-refractivity contribution in [3.8, 4) is 0 Å². The molecule has 4 nitrogen and oxygen atoms in total. The van der Waals surface area contributed by atoms with Gasteiger partial charge in [-0.05, 0) is 37.5 Å². The first-order chi connectivity index (χ1) is 12.6. The minimum Gasteiger partial charge on any atom is -1.00 e. The summed E-state index contributed by atoms with van der Waals surface area (Å²) in [5.41, 5.74) is -1.22. The molecule has 2 aliphatic heterocycles. The number of ether oxygens (including phenoxy) is 1. The molecule has 0 radical (unpaired) electrons. The molecule has 2 aliphatic carbocycles. The fourth-order valence-electron chi connectivity index (χ4n) is 6.54. The maximum absolute atomic E-state index is 13.3. The summed E-state index contributed by atoms with van der Waals surface area (Å²) < 4.78 is 7.22. The zero-order chi connectivity index (χ0) is 18.0. The van der Waals surface area contributed by atoms with Crippen molar-refractivity contribution in [3.05, 3.63) is 0 Å². The number of rotatable bonds is 4. The average Bonchev–Trinajstić information content (AvgIpc) is 3.32. The molecule has 1 N–H and O–H groups in total. The lowest BCUT2D eigenvalue weighted by Crippen LogP contribution is -3.00. The van der Waals surface area contributed by atoms with Crippen molar-refractivity contribution in [2.75, 3.05) is 26.2 Å². The molecule has 4 rings (SSSR count). The zero-order valence-corrected chi connectivity index (χ0v) is 18.4. The predicted octanol–water partition coefficient (Wildman–Crippen LogP) is 0.808. The summed E-state index contributed by atoms with van der Waals surface area (Å²) in [6.07, 6.45) is 14.7. The summed E-state index contributed by atoms with van der Waals surface area (Å²) in [6, 6.07) is 0. The number of quaternary nitrogens is 1. The molecule has 1 unspecified atom stereocenters. The molecular formula is C22H38BrNO3. The van der Waals surface area contributed by atoms with Crippen molar-refractivity contribution in [1.82, 2.24) is 0 Å². The summed E-state index contributed by atoms with van der Waals surface area (Å²) in [5.74, 6) is -0.0353. The molecule has 2 saturated carbocycles. The van der Waals surface area contributed by atoms with Crippen molar-refractivity contribution in [2.45, 2.75) is 95.2 Å². The van der Waals surface area contributed by atoms with Gasteiger partial charge in [-0.25, -0.2) is 4.79 Å². The molecule has 0 aromatic carbocycles. The fourth-order valence-corrected chi connectivity index (χ4v) is 6.54. The Kier molecular flexibility index (Phi) is 7.29. The Morgan fingerprint density at radius 3 is 1.81 bits per heavy atom. The third kappa shape index (κ3) is 4.40. The highest BCUT2D eigenvalue weighted by Crippen LogP contribution is 2.44. The normalized spacial score (nSPS) is 29.6. The maximum Gasteiger partial charge on any atom is 0.339 e. The van der Waals surface area contributed by atoms with Crippen molar-refractivity contribution in [1.29, 1.82) is 0 Å². The molecule has 0 aromatic heterocycles. The quantitative estimate of drug-likeness (QED) is 0.516. The van der Waals surface area contributed by atoms with Gasteiger partial charge in [0.25, 0.3) is 0 Å². The van der Waals surface area contributed by atoms with Crippen molar-refractivity contribution in [3.63, 3.8) is 0 Å². The van der Waals surface area contributed by atoms with E-state index in [0.717, 1.165) is 75.4 Å². The largest absolute Gasteiger partial charge is 1.00 e. The van der Waals surface area contributed by atoms with Gasteiger partial charge in [-0.2, -0.15) is 0 Å². The standard InChI is InChI=1S/C22H38NO3.BrH/c24-21(26-20-13-16-23(17-20)14-7-8-15-23)22(25,18-9-3-1-4-10-18)19-11-5-2-6-12-19;/h18-20,25H,1-17H2;1H/q+1;/p-1. The van der Waals surface area contributed by atoms with Crippen LogP contribution in [0.5, 0.6) is 0 Å². The van der Waals surface area contributed by atoms with Gasteiger partial charge >= 0.3 is 5.97 Å². The molecule has 1 atom stereocenters. The van der Waals surface area contributed by atoms with Crippen LogP contribution in [-0.2, 0) is 9.53 Å². The van der Waals surface area contributed by atoms with Crippen LogP contribution in [0.4, 0.5) is 0 Å². The predicted molar refractivity (Wildman–Crippen MR) is 102 cm³/mol. The van der Waals surface area contributed by atoms with Gasteiger partial charge in [0, 0.05) is 19.3 Å². The molecule has 2 heterocycles. The molecule has 0 amide bonds. The molecule has 0 aromatic rings. The Morgan fingerprint density at radius 1 is 0.778 bits per heavy atom. The minimum absolute atomic E-state index is 0. The van der Waals surface area contributed by atoms with E-state index in [0.29, 0.717) is 0 Å². The third-order valence-electron chi connectivity index (χ3n) is 8.09. The summed E-state index contributed by atoms with van der Waals surface area (Å²) in [7, 11) is 0. The van der Waals surface area contributed by atoms with Crippen LogP contribution in [0.2, 0.25) is 0 Å². The van der Waals surface area contributed by atoms with Crippen molar-refractivity contribution >= 4 is 5.97 Å². The maximum atomic E-state index is 13.3. The Balaban J connectivity index is 0.00000210. The number of carbonyl (C=O) groups excluding carboxylic acids is 1. The average molecular weight is 444 g/mol. The van der Waals surface area contributed by atoms with Gasteiger partial charge in [-0.3, -0.25) is 0 Å². The van der Waals surface area contributed by atoms with E-state index in [1.165, 1.54) is 38.8 Å². The van der Waals surface area contributed by atoms with Crippen LogP contribution in [0.15, 0.2) is 0 Å². The second-order valence-corrected chi connectivity index (χ2v) is 9.71. The first-order valence-corrected chi connectivity index (χ1v) is 11.4. The second-order valence-electron chi connectivity index (χ2n) is 9.71. The van der Waals surface area contributed by atoms with Crippen LogP contribution >= 0.6 is 0 Å². The summed E-state index contributed by atoms with van der Waals surface area (Å²) >= 11 is 0. The number of halogens is 1. The van der Waals surface area contributed by atoms with Crippen LogP contribution < -0.4 is 17.0 Å². The van der Waals surface area contributed by atoms with Crippen molar-refractivity contribution in [2.24, 2.45) is 11.8 Å². The molecule has 5 heteroatoms. The number of hydrogen-bond donors (Lipinski definition) is 1. The molecule has 1 spiro atoms. The van der Waals surface area contributed by atoms with E-state index in [2.05, 4.69) is 0 Å². The molecule has 27 heavy (non-hydrogen) atoms. The van der Waals surface area contributed by atoms with Crippen LogP contribution in [0.1, 0.15) is 83.5 Å². The highest BCUT2D eigenvalue weighted by Gasteiger charge is 2.53. The van der Waals surface area contributed by atoms with E-state index in [9.17, 15) is 9.90 Å². The van der Waals surface area contributed by atoms with E-state index < -0.39 is 5.60 Å². The Hall–Kier alpha value is -0.130. The summed E-state index contributed by atoms with van der Waals surface area (Å²) in [4.78, 5) is 13.3. The van der Waals surface area contributed by atoms with E-state index in [-0.39, 0.29) is 40.9 Å². The van der Waals surface area contributed by atoms with E-state index in [1.54, 1.807) is 0 Å². The number of esters is 1. The van der Waals surface area contributed by atoms with Crippen LogP contribution in [0, 0.1) is 11.8 Å². The summed E-state index contributed by atoms with van der Waals surface area (Å²) in [5, 5.41) is 11.8. The first-order valence-electron chi connectivity index (χ1n) is 11.4. The molecule has 0 bridgehead atoms. The highest BCUT2D eigenvalue weighted by atomic mass is 79.9. The van der Waals surface area contributed by atoms with Crippen molar-refractivity contribution < 1.29 is 36.1 Å². The monoisotopic (exact) mass is 443 g/mol. The number of carbonyl (C=O) groups is 1. The second kappa shape index (κ2) is 9.13. The lowest BCUT2D eigenvalue weighted by molar-refractivity contribution is -0.906. The molecule has 2 saturated heterocycles. The molecule has 4 aliphatic rings. The zero-order valence-electron chi connectivity index (χ0n) is 16.8. The van der Waals surface area contributed by atoms with Gasteiger partial charge in [-0.1, -0.05) is 38.5 Å². The van der Waals surface area contributed by atoms with Gasteiger partial charge < -0.3 is 31.3 Å². The van der Waals surface area contributed by atoms with Crippen LogP contribution in [-0.4, -0.2) is 53.4 Å². The lowest BCUT2D eigenvalue weighted by Gasteiger charge is -2.43. The van der Waals surface area contributed by atoms with Gasteiger partial charge in [0.1, 0.15) is 6.54 Å². The van der Waals surface area contributed by atoms with Gasteiger partial charge in [0.2, 0.25) is 0 Å². The van der Waals surface area contributed by atoms with Gasteiger partial charge in [0.05, 0.1) is 19.6 Å². The number of aliphatic hydroxyl groups is 1. The smallest absolute Gasteiger partial charge is 0.339 e. The van der Waals surface area contributed by atoms with Gasteiger partial charge in [0.15, 0.2) is 11.7 Å². The summed E-state index contributed by atoms with van der Waals surface area (Å²) in [6.45, 7) is 4.65. The lowest BCUT2D eigenvalue weighted by atomic mass is 9.66. The molecule has 156 valence electrons. The Morgan fingerprint density at radius 2 is 1.30 bits per heavy atom. The molecule has 4 fully saturated rings. The topological polar surface area (TPSA) is 46.5 Å². The number of hydrogen-bond acceptors (Lipinski definition) is 3. The molecular weight excluding hydrogens is 406 g/mol. The van der Waals surface area contributed by atoms with E-state index in [1.807, 2.05) is 0 Å². The Labute approximate surface area is 175 Å². The SMILES string of the molecule is O=C(OC1CC[N+]2(CCCC2)C1)C(O)(C1CCCCC1)C1CCCCC1.[Br-]. The third-order valence-corrected chi connectivity index (χ3v) is 8.09. The Bertz CT molecular complexity index is 476.